The molecular formula is C35H40O7. The van der Waals surface area contributed by atoms with Crippen LogP contribution in [0.3, 0.4) is 0 Å². The number of rotatable bonds is 4. The van der Waals surface area contributed by atoms with Crippen LogP contribution in [-0.4, -0.2) is 44.7 Å². The Labute approximate surface area is 246 Å². The summed E-state index contributed by atoms with van der Waals surface area (Å²) in [6.07, 6.45) is 0.248. The standard InChI is InChI=1S/C35H40O7/c1-16(2)20-9-11-21(12-10-20)22-13-18(5)28(37)25-23(22)14-33(7)15-34(8)26(17(3)4)29(38)24(19(6)36)31(40)35(34,42)32(41)27(33)30(25)39/h9-13,16-17,24,26-27,37,42H,14-15H2,1-8H3/t24?,26?,27?,33-,34-,35+/m1/s1. The van der Waals surface area contributed by atoms with Gasteiger partial charge in [0, 0.05) is 11.3 Å². The predicted octanol–water partition coefficient (Wildman–Crippen LogP) is 5.19. The summed E-state index contributed by atoms with van der Waals surface area (Å²) in [5.74, 6) is -8.48. The number of aliphatic hydroxyl groups is 1. The minimum atomic E-state index is -2.70. The minimum absolute atomic E-state index is 0.0312. The third-order valence-electron chi connectivity index (χ3n) is 10.5. The summed E-state index contributed by atoms with van der Waals surface area (Å²) < 4.78 is 0. The van der Waals surface area contributed by atoms with E-state index in [9.17, 15) is 34.2 Å². The predicted molar refractivity (Wildman–Crippen MR) is 157 cm³/mol. The molecule has 42 heavy (non-hydrogen) atoms. The molecule has 2 saturated carbocycles. The first-order chi connectivity index (χ1) is 19.4. The molecule has 2 fully saturated rings. The van der Waals surface area contributed by atoms with Gasteiger partial charge in [0.2, 0.25) is 0 Å². The molecule has 3 aliphatic carbocycles. The van der Waals surface area contributed by atoms with E-state index < -0.39 is 63.1 Å². The first-order valence-corrected chi connectivity index (χ1v) is 14.8. The maximum absolute atomic E-state index is 14.5. The van der Waals surface area contributed by atoms with E-state index in [0.717, 1.165) is 23.6 Å². The molecule has 2 N–H and O–H groups in total. The lowest BCUT2D eigenvalue weighted by Crippen LogP contribution is -2.76. The molecule has 0 amide bonds. The van der Waals surface area contributed by atoms with Gasteiger partial charge >= 0.3 is 0 Å². The molecule has 222 valence electrons. The lowest BCUT2D eigenvalue weighted by molar-refractivity contribution is -0.205. The summed E-state index contributed by atoms with van der Waals surface area (Å²) in [7, 11) is 0. The molecule has 6 atom stereocenters. The molecule has 0 heterocycles. The van der Waals surface area contributed by atoms with E-state index in [0.29, 0.717) is 17.0 Å². The fraction of sp³-hybridized carbons (Fsp3) is 0.514. The van der Waals surface area contributed by atoms with Gasteiger partial charge in [0.05, 0.1) is 11.5 Å². The first kappa shape index (κ1) is 30.0. The normalized spacial score (nSPS) is 32.6. The number of hydrogen-bond donors (Lipinski definition) is 2. The third-order valence-corrected chi connectivity index (χ3v) is 10.5. The molecule has 7 nitrogen and oxygen atoms in total. The Hall–Kier alpha value is -3.45. The van der Waals surface area contributed by atoms with Crippen molar-refractivity contribution in [2.24, 2.45) is 34.5 Å². The molecule has 0 spiro atoms. The van der Waals surface area contributed by atoms with Crippen LogP contribution in [0.2, 0.25) is 0 Å². The molecule has 7 heteroatoms. The maximum atomic E-state index is 14.5. The fourth-order valence-corrected chi connectivity index (χ4v) is 8.64. The molecule has 5 rings (SSSR count). The van der Waals surface area contributed by atoms with Gasteiger partial charge in [-0.2, -0.15) is 0 Å². The zero-order valence-electron chi connectivity index (χ0n) is 25.6. The number of ketones is 5. The van der Waals surface area contributed by atoms with Gasteiger partial charge < -0.3 is 10.2 Å². The fourth-order valence-electron chi connectivity index (χ4n) is 8.64. The van der Waals surface area contributed by atoms with Crippen molar-refractivity contribution in [3.63, 3.8) is 0 Å². The first-order valence-electron chi connectivity index (χ1n) is 14.8. The van der Waals surface area contributed by atoms with Crippen molar-refractivity contribution >= 4 is 28.9 Å². The molecule has 3 aliphatic rings. The van der Waals surface area contributed by atoms with Crippen molar-refractivity contribution in [2.45, 2.75) is 79.8 Å². The number of phenols is 1. The van der Waals surface area contributed by atoms with Crippen LogP contribution in [0.4, 0.5) is 0 Å². The van der Waals surface area contributed by atoms with E-state index in [2.05, 4.69) is 13.8 Å². The highest BCUT2D eigenvalue weighted by Crippen LogP contribution is 2.64. The van der Waals surface area contributed by atoms with Crippen LogP contribution in [0.1, 0.15) is 87.9 Å². The largest absolute Gasteiger partial charge is 0.507 e. The highest BCUT2D eigenvalue weighted by atomic mass is 16.3. The number of phenolic OH excluding ortho intramolecular Hbond substituents is 1. The summed E-state index contributed by atoms with van der Waals surface area (Å²) in [6, 6.07) is 9.89. The van der Waals surface area contributed by atoms with E-state index >= 15 is 0 Å². The second-order valence-corrected chi connectivity index (χ2v) is 14.0. The number of Topliss-reactive ketones (excluding diaryl/α,β-unsaturated/α-hetero) is 5. The topological polar surface area (TPSA) is 126 Å². The Morgan fingerprint density at radius 1 is 0.976 bits per heavy atom. The average molecular weight is 573 g/mol. The van der Waals surface area contributed by atoms with Crippen LogP contribution < -0.4 is 0 Å². The Bertz CT molecular complexity index is 1560. The Morgan fingerprint density at radius 3 is 2.10 bits per heavy atom. The smallest absolute Gasteiger partial charge is 0.190 e. The van der Waals surface area contributed by atoms with Crippen molar-refractivity contribution < 1.29 is 34.2 Å². The number of aromatic hydroxyl groups is 1. The van der Waals surface area contributed by atoms with Crippen molar-refractivity contribution in [1.82, 2.24) is 0 Å². The number of carbonyl (C=O) groups is 5. The Morgan fingerprint density at radius 2 is 1.57 bits per heavy atom. The van der Waals surface area contributed by atoms with Crippen LogP contribution in [0.5, 0.6) is 5.75 Å². The number of benzene rings is 2. The molecule has 0 bridgehead atoms. The summed E-state index contributed by atoms with van der Waals surface area (Å²) in [4.78, 5) is 68.8. The van der Waals surface area contributed by atoms with E-state index in [1.165, 1.54) is 0 Å². The minimum Gasteiger partial charge on any atom is -0.507 e. The number of carbonyl (C=O) groups excluding carboxylic acids is 5. The Balaban J connectivity index is 1.74. The quantitative estimate of drug-likeness (QED) is 0.483. The third kappa shape index (κ3) is 3.78. The molecule has 0 radical (unpaired) electrons. The molecule has 3 unspecified atom stereocenters. The van der Waals surface area contributed by atoms with Gasteiger partial charge in [-0.25, -0.2) is 0 Å². The summed E-state index contributed by atoms with van der Waals surface area (Å²) >= 11 is 0. The number of fused-ring (bicyclic) bond motifs is 3. The van der Waals surface area contributed by atoms with E-state index in [4.69, 9.17) is 0 Å². The zero-order chi connectivity index (χ0) is 31.3. The number of aryl methyl sites for hydroxylation is 1. The van der Waals surface area contributed by atoms with Crippen molar-refractivity contribution in [1.29, 1.82) is 0 Å². The number of hydrogen-bond acceptors (Lipinski definition) is 7. The average Bonchev–Trinajstić information content (AvgIpc) is 2.88. The Kier molecular flexibility index (Phi) is 6.81. The van der Waals surface area contributed by atoms with Gasteiger partial charge in [-0.15, -0.1) is 0 Å². The molecule has 0 aromatic heterocycles. The molecule has 2 aromatic carbocycles. The SMILES string of the molecule is CC(=O)C1C(=O)C(C(C)C)[C@@]2(C)C[C@@]3(C)Cc4c(-c5ccc(C(C)C)cc5)cc(C)c(O)c4C(=O)C3C(=O)[C@@]2(O)C1=O. The second kappa shape index (κ2) is 9.53. The van der Waals surface area contributed by atoms with Crippen LogP contribution in [0.15, 0.2) is 30.3 Å². The van der Waals surface area contributed by atoms with Gasteiger partial charge in [0.15, 0.2) is 28.7 Å². The van der Waals surface area contributed by atoms with Crippen LogP contribution in [0.25, 0.3) is 11.1 Å². The lowest BCUT2D eigenvalue weighted by atomic mass is 9.39. The van der Waals surface area contributed by atoms with Gasteiger partial charge in [0.25, 0.3) is 0 Å². The molecule has 0 saturated heterocycles. The monoisotopic (exact) mass is 572 g/mol. The highest BCUT2D eigenvalue weighted by molar-refractivity contribution is 6.32. The van der Waals surface area contributed by atoms with Gasteiger partial charge in [-0.1, -0.05) is 65.8 Å². The van der Waals surface area contributed by atoms with Crippen LogP contribution in [-0.2, 0) is 25.6 Å². The summed E-state index contributed by atoms with van der Waals surface area (Å²) in [6.45, 7) is 14.0. The van der Waals surface area contributed by atoms with Crippen molar-refractivity contribution in [3.8, 4) is 16.9 Å². The van der Waals surface area contributed by atoms with E-state index in [-0.39, 0.29) is 30.1 Å². The van der Waals surface area contributed by atoms with Gasteiger partial charge in [0.1, 0.15) is 17.5 Å². The molecular weight excluding hydrogens is 532 g/mol. The van der Waals surface area contributed by atoms with E-state index in [1.54, 1.807) is 34.6 Å². The van der Waals surface area contributed by atoms with Gasteiger partial charge in [-0.3, -0.25) is 24.0 Å². The van der Waals surface area contributed by atoms with Crippen LogP contribution in [0, 0.1) is 41.4 Å². The summed E-state index contributed by atoms with van der Waals surface area (Å²) in [5, 5.41) is 23.3. The maximum Gasteiger partial charge on any atom is 0.190 e. The molecule has 0 aliphatic heterocycles. The van der Waals surface area contributed by atoms with Crippen LogP contribution >= 0.6 is 0 Å². The second-order valence-electron chi connectivity index (χ2n) is 14.0. The zero-order valence-corrected chi connectivity index (χ0v) is 25.6. The summed E-state index contributed by atoms with van der Waals surface area (Å²) in [5.41, 5.74) is -1.39. The van der Waals surface area contributed by atoms with E-state index in [1.807, 2.05) is 30.3 Å². The lowest BCUT2D eigenvalue weighted by Gasteiger charge is -2.62. The van der Waals surface area contributed by atoms with Crippen molar-refractivity contribution in [3.05, 3.63) is 52.6 Å². The molecule has 2 aromatic rings. The highest BCUT2D eigenvalue weighted by Gasteiger charge is 2.76. The van der Waals surface area contributed by atoms with Crippen molar-refractivity contribution in [2.75, 3.05) is 0 Å². The van der Waals surface area contributed by atoms with Gasteiger partial charge in [-0.05, 0) is 77.8 Å².